The van der Waals surface area contributed by atoms with Crippen molar-refractivity contribution >= 4 is 33.4 Å². The van der Waals surface area contributed by atoms with Crippen LogP contribution in [0.1, 0.15) is 5.56 Å². The number of nitrogens with one attached hydrogen (secondary N) is 1. The van der Waals surface area contributed by atoms with Crippen molar-refractivity contribution in [3.05, 3.63) is 60.3 Å². The highest BCUT2D eigenvalue weighted by atomic mass is 32.2. The molecule has 0 saturated carbocycles. The van der Waals surface area contributed by atoms with Crippen LogP contribution in [0.15, 0.2) is 64.8 Å². The SMILES string of the molecule is Cc1ccc(S(=O)(=O)N2CCOCC2)cc1NC(=O)CSc1nc(-c2ccccc2)cn1N. The van der Waals surface area contributed by atoms with Crippen LogP contribution in [0.5, 0.6) is 0 Å². The number of imidazole rings is 1. The number of aromatic nitrogens is 2. The molecule has 0 spiro atoms. The normalized spacial score (nSPS) is 14.8. The number of nitrogens with two attached hydrogens (primary N) is 1. The third-order valence-electron chi connectivity index (χ3n) is 5.19. The molecule has 0 unspecified atom stereocenters. The molecule has 1 saturated heterocycles. The zero-order valence-corrected chi connectivity index (χ0v) is 19.7. The summed E-state index contributed by atoms with van der Waals surface area (Å²) in [6.07, 6.45) is 1.71. The molecule has 2 heterocycles. The smallest absolute Gasteiger partial charge is 0.243 e. The molecule has 3 aromatic rings. The first-order chi connectivity index (χ1) is 15.8. The van der Waals surface area contributed by atoms with Gasteiger partial charge in [-0.1, -0.05) is 48.2 Å². The fraction of sp³-hybridized carbons (Fsp3) is 0.273. The topological polar surface area (TPSA) is 120 Å². The number of benzene rings is 2. The second kappa shape index (κ2) is 9.96. The van der Waals surface area contributed by atoms with Crippen molar-refractivity contribution in [1.29, 1.82) is 0 Å². The lowest BCUT2D eigenvalue weighted by Gasteiger charge is -2.26. The molecule has 3 N–H and O–H groups in total. The maximum Gasteiger partial charge on any atom is 0.243 e. The minimum absolute atomic E-state index is 0.0718. The molecule has 1 fully saturated rings. The van der Waals surface area contributed by atoms with Crippen LogP contribution in [-0.2, 0) is 19.6 Å². The number of rotatable bonds is 7. The predicted molar refractivity (Wildman–Crippen MR) is 128 cm³/mol. The van der Waals surface area contributed by atoms with Crippen LogP contribution in [0.4, 0.5) is 5.69 Å². The summed E-state index contributed by atoms with van der Waals surface area (Å²) in [4.78, 5) is 17.2. The molecule has 2 aromatic carbocycles. The Kier molecular flexibility index (Phi) is 7.03. The quantitative estimate of drug-likeness (QED) is 0.388. The standard InChI is InChI=1S/C22H25N5O4S2/c1-16-7-8-18(33(29,30)26-9-11-31-12-10-26)13-19(16)24-21(28)15-32-22-25-20(14-27(22)23)17-5-3-2-4-6-17/h2-8,13-14H,9-12,15,23H2,1H3,(H,24,28). The number of nitrogen functional groups attached to an aromatic ring is 1. The highest BCUT2D eigenvalue weighted by molar-refractivity contribution is 7.99. The fourth-order valence-electron chi connectivity index (χ4n) is 3.38. The van der Waals surface area contributed by atoms with E-state index in [2.05, 4.69) is 10.3 Å². The van der Waals surface area contributed by atoms with E-state index in [4.69, 9.17) is 10.6 Å². The van der Waals surface area contributed by atoms with Crippen LogP contribution in [0.25, 0.3) is 11.3 Å². The van der Waals surface area contributed by atoms with Gasteiger partial charge in [0.1, 0.15) is 0 Å². The van der Waals surface area contributed by atoms with E-state index in [1.54, 1.807) is 18.3 Å². The molecular weight excluding hydrogens is 462 g/mol. The zero-order valence-electron chi connectivity index (χ0n) is 18.1. The van der Waals surface area contributed by atoms with Crippen molar-refractivity contribution in [2.45, 2.75) is 17.0 Å². The highest BCUT2D eigenvalue weighted by Crippen LogP contribution is 2.25. The van der Waals surface area contributed by atoms with Gasteiger partial charge in [0.05, 0.1) is 35.8 Å². The van der Waals surface area contributed by atoms with Gasteiger partial charge < -0.3 is 15.9 Å². The van der Waals surface area contributed by atoms with Gasteiger partial charge in [-0.15, -0.1) is 0 Å². The molecule has 4 rings (SSSR count). The third-order valence-corrected chi connectivity index (χ3v) is 8.05. The van der Waals surface area contributed by atoms with Gasteiger partial charge in [0.2, 0.25) is 15.9 Å². The van der Waals surface area contributed by atoms with E-state index in [0.29, 0.717) is 37.1 Å². The summed E-state index contributed by atoms with van der Waals surface area (Å²) in [5, 5.41) is 3.31. The average molecular weight is 488 g/mol. The minimum atomic E-state index is -3.65. The second-order valence-corrected chi connectivity index (χ2v) is 10.4. The molecule has 0 aliphatic carbocycles. The number of carbonyl (C=O) groups is 1. The van der Waals surface area contributed by atoms with Gasteiger partial charge in [-0.25, -0.2) is 18.1 Å². The van der Waals surface area contributed by atoms with E-state index in [1.807, 2.05) is 37.3 Å². The van der Waals surface area contributed by atoms with Gasteiger partial charge in [-0.2, -0.15) is 4.31 Å². The van der Waals surface area contributed by atoms with Crippen LogP contribution in [0.3, 0.4) is 0 Å². The summed E-state index contributed by atoms with van der Waals surface area (Å²) in [5.74, 6) is 5.79. The predicted octanol–water partition coefficient (Wildman–Crippen LogP) is 2.32. The maximum absolute atomic E-state index is 12.9. The fourth-order valence-corrected chi connectivity index (χ4v) is 5.51. The van der Waals surface area contributed by atoms with Gasteiger partial charge >= 0.3 is 0 Å². The van der Waals surface area contributed by atoms with E-state index < -0.39 is 10.0 Å². The molecule has 174 valence electrons. The molecule has 33 heavy (non-hydrogen) atoms. The van der Waals surface area contributed by atoms with Crippen LogP contribution in [0.2, 0.25) is 0 Å². The summed E-state index contributed by atoms with van der Waals surface area (Å²) in [5.41, 5.74) is 2.87. The molecule has 1 aromatic heterocycles. The Morgan fingerprint density at radius 3 is 2.64 bits per heavy atom. The Morgan fingerprint density at radius 1 is 1.18 bits per heavy atom. The number of thioether (sulfide) groups is 1. The number of ether oxygens (including phenoxy) is 1. The van der Waals surface area contributed by atoms with Crippen LogP contribution < -0.4 is 11.2 Å². The van der Waals surface area contributed by atoms with Crippen LogP contribution >= 0.6 is 11.8 Å². The van der Waals surface area contributed by atoms with E-state index in [9.17, 15) is 13.2 Å². The Hall–Kier alpha value is -2.86. The lowest BCUT2D eigenvalue weighted by Crippen LogP contribution is -2.40. The maximum atomic E-state index is 12.9. The molecule has 0 radical (unpaired) electrons. The largest absolute Gasteiger partial charge is 0.379 e. The monoisotopic (exact) mass is 487 g/mol. The van der Waals surface area contributed by atoms with Crippen molar-refractivity contribution in [3.8, 4) is 11.3 Å². The Morgan fingerprint density at radius 2 is 1.91 bits per heavy atom. The number of carbonyl (C=O) groups excluding carboxylic acids is 1. The molecule has 1 amide bonds. The average Bonchev–Trinajstić information content (AvgIpc) is 3.20. The van der Waals surface area contributed by atoms with Crippen molar-refractivity contribution in [1.82, 2.24) is 14.0 Å². The number of aryl methyl sites for hydroxylation is 1. The molecule has 9 nitrogen and oxygen atoms in total. The summed E-state index contributed by atoms with van der Waals surface area (Å²) in [6.45, 7) is 3.17. The first-order valence-corrected chi connectivity index (χ1v) is 12.8. The number of hydrogen-bond donors (Lipinski definition) is 2. The second-order valence-electron chi connectivity index (χ2n) is 7.51. The number of hydrogen-bond acceptors (Lipinski definition) is 7. The molecule has 1 aliphatic heterocycles. The first kappa shape index (κ1) is 23.3. The molecule has 0 bridgehead atoms. The van der Waals surface area contributed by atoms with Crippen molar-refractivity contribution in [2.24, 2.45) is 0 Å². The van der Waals surface area contributed by atoms with Crippen LogP contribution in [-0.4, -0.2) is 60.3 Å². The summed E-state index contributed by atoms with van der Waals surface area (Å²) >= 11 is 1.20. The van der Waals surface area contributed by atoms with E-state index in [1.165, 1.54) is 26.8 Å². The zero-order chi connectivity index (χ0) is 23.4. The number of sulfonamides is 1. The summed E-state index contributed by atoms with van der Waals surface area (Å²) in [7, 11) is -3.65. The van der Waals surface area contributed by atoms with Gasteiger partial charge in [-0.05, 0) is 24.6 Å². The Labute approximate surface area is 197 Å². The third kappa shape index (κ3) is 5.38. The number of amides is 1. The number of morpholine rings is 1. The number of nitrogens with zero attached hydrogens (tertiary/aromatic N) is 3. The van der Waals surface area contributed by atoms with Gasteiger partial charge in [0.25, 0.3) is 0 Å². The van der Waals surface area contributed by atoms with Crippen LogP contribution in [0, 0.1) is 6.92 Å². The lowest BCUT2D eigenvalue weighted by molar-refractivity contribution is -0.113. The molecule has 11 heteroatoms. The minimum Gasteiger partial charge on any atom is -0.379 e. The highest BCUT2D eigenvalue weighted by Gasteiger charge is 2.27. The first-order valence-electron chi connectivity index (χ1n) is 10.4. The number of anilines is 1. The van der Waals surface area contributed by atoms with Gasteiger partial charge in [0.15, 0.2) is 5.16 Å². The Balaban J connectivity index is 1.43. The van der Waals surface area contributed by atoms with E-state index in [-0.39, 0.29) is 16.6 Å². The van der Waals surface area contributed by atoms with Crippen molar-refractivity contribution < 1.29 is 17.9 Å². The summed E-state index contributed by atoms with van der Waals surface area (Å²) in [6, 6.07) is 14.4. The van der Waals surface area contributed by atoms with Gasteiger partial charge in [0, 0.05) is 24.3 Å². The molecule has 1 aliphatic rings. The summed E-state index contributed by atoms with van der Waals surface area (Å²) < 4.78 is 33.9. The van der Waals surface area contributed by atoms with E-state index in [0.717, 1.165) is 16.8 Å². The van der Waals surface area contributed by atoms with Crippen molar-refractivity contribution in [2.75, 3.05) is 43.2 Å². The lowest BCUT2D eigenvalue weighted by atomic mass is 10.2. The molecular formula is C22H25N5O4S2. The molecule has 0 atom stereocenters. The van der Waals surface area contributed by atoms with Crippen molar-refractivity contribution in [3.63, 3.8) is 0 Å². The van der Waals surface area contributed by atoms with E-state index >= 15 is 0 Å². The Bertz CT molecular complexity index is 1240. The van der Waals surface area contributed by atoms with Gasteiger partial charge in [-0.3, -0.25) is 4.79 Å².